The summed E-state index contributed by atoms with van der Waals surface area (Å²) in [5.41, 5.74) is 0.442. The third-order valence-corrected chi connectivity index (χ3v) is 2.80. The molecule has 0 fully saturated rings. The van der Waals surface area contributed by atoms with Gasteiger partial charge in [-0.2, -0.15) is 0 Å². The first-order chi connectivity index (χ1) is 8.41. The lowest BCUT2D eigenvalue weighted by molar-refractivity contribution is -0.122. The first kappa shape index (κ1) is 14.6. The maximum absolute atomic E-state index is 12.1. The van der Waals surface area contributed by atoms with Gasteiger partial charge in [0.1, 0.15) is 4.60 Å². The van der Waals surface area contributed by atoms with Crippen molar-refractivity contribution in [3.63, 3.8) is 0 Å². The molecule has 0 aliphatic carbocycles. The van der Waals surface area contributed by atoms with E-state index in [4.69, 9.17) is 0 Å². The van der Waals surface area contributed by atoms with Crippen LogP contribution in [0.1, 0.15) is 24.2 Å². The highest BCUT2D eigenvalue weighted by molar-refractivity contribution is 9.10. The van der Waals surface area contributed by atoms with Gasteiger partial charge in [-0.3, -0.25) is 9.59 Å². The Balaban J connectivity index is 2.68. The third kappa shape index (κ3) is 4.10. The molecule has 0 aliphatic heterocycles. The second-order valence-electron chi connectivity index (χ2n) is 4.23. The Hall–Kier alpha value is -1.43. The Kier molecular flexibility index (Phi) is 5.27. The van der Waals surface area contributed by atoms with Crippen molar-refractivity contribution in [3.8, 4) is 0 Å². The van der Waals surface area contributed by atoms with Crippen LogP contribution in [0.4, 0.5) is 0 Å². The highest BCUT2D eigenvalue weighted by atomic mass is 79.9. The summed E-state index contributed by atoms with van der Waals surface area (Å²) >= 11 is 3.21. The van der Waals surface area contributed by atoms with Crippen molar-refractivity contribution in [1.29, 1.82) is 0 Å². The van der Waals surface area contributed by atoms with Gasteiger partial charge in [0.05, 0.1) is 12.1 Å². The van der Waals surface area contributed by atoms with E-state index in [9.17, 15) is 9.59 Å². The van der Waals surface area contributed by atoms with Crippen molar-refractivity contribution in [2.24, 2.45) is 0 Å². The van der Waals surface area contributed by atoms with Crippen LogP contribution in [0.25, 0.3) is 0 Å². The van der Waals surface area contributed by atoms with Crippen LogP contribution < -0.4 is 5.32 Å². The maximum Gasteiger partial charge on any atom is 0.256 e. The fraction of sp³-hybridized carbons (Fsp3) is 0.417. The largest absolute Gasteiger partial charge is 0.352 e. The maximum atomic E-state index is 12.1. The summed E-state index contributed by atoms with van der Waals surface area (Å²) in [6.45, 7) is 3.77. The summed E-state index contributed by atoms with van der Waals surface area (Å²) < 4.78 is 0.478. The predicted molar refractivity (Wildman–Crippen MR) is 72.2 cm³/mol. The van der Waals surface area contributed by atoms with Crippen molar-refractivity contribution >= 4 is 27.7 Å². The minimum absolute atomic E-state index is 0.0261. The first-order valence-electron chi connectivity index (χ1n) is 5.57. The zero-order valence-corrected chi connectivity index (χ0v) is 12.2. The standard InChI is InChI=1S/C12H16BrN3O2/c1-8(2)15-10(17)7-16(3)12(18)9-5-4-6-14-11(9)13/h4-6,8H,7H2,1-3H3,(H,15,17). The number of hydrogen-bond acceptors (Lipinski definition) is 3. The molecule has 0 spiro atoms. The average molecular weight is 314 g/mol. The number of hydrogen-bond donors (Lipinski definition) is 1. The van der Waals surface area contributed by atoms with E-state index >= 15 is 0 Å². The highest BCUT2D eigenvalue weighted by Gasteiger charge is 2.17. The molecular formula is C12H16BrN3O2. The molecule has 1 N–H and O–H groups in total. The van der Waals surface area contributed by atoms with Crippen molar-refractivity contribution in [1.82, 2.24) is 15.2 Å². The van der Waals surface area contributed by atoms with Gasteiger partial charge in [0.2, 0.25) is 5.91 Å². The molecule has 0 aromatic carbocycles. The van der Waals surface area contributed by atoms with Crippen LogP contribution in [-0.4, -0.2) is 41.3 Å². The molecule has 0 bridgehead atoms. The van der Waals surface area contributed by atoms with Gasteiger partial charge in [0.15, 0.2) is 0 Å². The van der Waals surface area contributed by atoms with Crippen LogP contribution in [-0.2, 0) is 4.79 Å². The normalized spacial score (nSPS) is 10.3. The molecular weight excluding hydrogens is 298 g/mol. The lowest BCUT2D eigenvalue weighted by atomic mass is 10.2. The van der Waals surface area contributed by atoms with Crippen LogP contribution in [0.3, 0.4) is 0 Å². The summed E-state index contributed by atoms with van der Waals surface area (Å²) in [6.07, 6.45) is 1.59. The van der Waals surface area contributed by atoms with Crippen LogP contribution >= 0.6 is 15.9 Å². The molecule has 1 aromatic rings. The van der Waals surface area contributed by atoms with Crippen molar-refractivity contribution in [2.45, 2.75) is 19.9 Å². The van der Waals surface area contributed by atoms with E-state index in [1.807, 2.05) is 13.8 Å². The molecule has 6 heteroatoms. The van der Waals surface area contributed by atoms with Gasteiger partial charge in [-0.15, -0.1) is 0 Å². The molecule has 0 aliphatic rings. The molecule has 5 nitrogen and oxygen atoms in total. The molecule has 0 radical (unpaired) electrons. The van der Waals surface area contributed by atoms with Gasteiger partial charge in [0, 0.05) is 19.3 Å². The quantitative estimate of drug-likeness (QED) is 0.856. The zero-order chi connectivity index (χ0) is 13.7. The Morgan fingerprint density at radius 3 is 2.72 bits per heavy atom. The molecule has 0 atom stereocenters. The molecule has 0 unspecified atom stereocenters. The monoisotopic (exact) mass is 313 g/mol. The number of carbonyl (C=O) groups excluding carboxylic acids is 2. The second-order valence-corrected chi connectivity index (χ2v) is 4.98. The number of pyridine rings is 1. The summed E-state index contributed by atoms with van der Waals surface area (Å²) in [5.74, 6) is -0.422. The van der Waals surface area contributed by atoms with E-state index in [1.54, 1.807) is 25.4 Å². The minimum atomic E-state index is -0.242. The highest BCUT2D eigenvalue weighted by Crippen LogP contribution is 2.14. The summed E-state index contributed by atoms with van der Waals surface area (Å²) in [5, 5.41) is 2.73. The van der Waals surface area contributed by atoms with Crippen LogP contribution in [0.5, 0.6) is 0 Å². The van der Waals surface area contributed by atoms with Gasteiger partial charge in [-0.1, -0.05) is 0 Å². The molecule has 0 saturated heterocycles. The molecule has 98 valence electrons. The Labute approximate surface area is 115 Å². The van der Waals surface area contributed by atoms with Crippen LogP contribution in [0, 0.1) is 0 Å². The lowest BCUT2D eigenvalue weighted by Gasteiger charge is -2.18. The van der Waals surface area contributed by atoms with Crippen molar-refractivity contribution in [2.75, 3.05) is 13.6 Å². The number of nitrogens with one attached hydrogen (secondary N) is 1. The number of nitrogens with zero attached hydrogens (tertiary/aromatic N) is 2. The van der Waals surface area contributed by atoms with Gasteiger partial charge in [0.25, 0.3) is 5.91 Å². The van der Waals surface area contributed by atoms with Gasteiger partial charge in [-0.05, 0) is 41.9 Å². The molecule has 1 rings (SSSR count). The van der Waals surface area contributed by atoms with Gasteiger partial charge >= 0.3 is 0 Å². The lowest BCUT2D eigenvalue weighted by Crippen LogP contribution is -2.40. The van der Waals surface area contributed by atoms with Crippen LogP contribution in [0.15, 0.2) is 22.9 Å². The number of halogens is 1. The molecule has 1 heterocycles. The topological polar surface area (TPSA) is 62.3 Å². The third-order valence-electron chi connectivity index (χ3n) is 2.17. The summed E-state index contributed by atoms with van der Waals surface area (Å²) in [4.78, 5) is 29.0. The van der Waals surface area contributed by atoms with Gasteiger partial charge < -0.3 is 10.2 Å². The van der Waals surface area contributed by atoms with Crippen molar-refractivity contribution in [3.05, 3.63) is 28.5 Å². The van der Waals surface area contributed by atoms with E-state index < -0.39 is 0 Å². The van der Waals surface area contributed by atoms with Crippen LogP contribution in [0.2, 0.25) is 0 Å². The fourth-order valence-corrected chi connectivity index (χ4v) is 1.83. The minimum Gasteiger partial charge on any atom is -0.352 e. The fourth-order valence-electron chi connectivity index (χ4n) is 1.41. The molecule has 0 saturated carbocycles. The zero-order valence-electron chi connectivity index (χ0n) is 10.6. The van der Waals surface area contributed by atoms with E-state index in [1.165, 1.54) is 4.90 Å². The first-order valence-corrected chi connectivity index (χ1v) is 6.36. The second kappa shape index (κ2) is 6.49. The summed E-state index contributed by atoms with van der Waals surface area (Å²) in [6, 6.07) is 3.40. The Morgan fingerprint density at radius 2 is 2.17 bits per heavy atom. The molecule has 1 aromatic heterocycles. The van der Waals surface area contributed by atoms with E-state index in [2.05, 4.69) is 26.2 Å². The summed E-state index contributed by atoms with van der Waals surface area (Å²) in [7, 11) is 1.58. The number of likely N-dealkylation sites (N-methyl/N-ethyl adjacent to an activating group) is 1. The average Bonchev–Trinajstić information content (AvgIpc) is 2.27. The number of aromatic nitrogens is 1. The van der Waals surface area contributed by atoms with Gasteiger partial charge in [-0.25, -0.2) is 4.98 Å². The Bertz CT molecular complexity index is 449. The van der Waals surface area contributed by atoms with E-state index in [0.717, 1.165) is 0 Å². The smallest absolute Gasteiger partial charge is 0.256 e. The SMILES string of the molecule is CC(C)NC(=O)CN(C)C(=O)c1cccnc1Br. The van der Waals surface area contributed by atoms with E-state index in [-0.39, 0.29) is 24.4 Å². The number of rotatable bonds is 4. The number of carbonyl (C=O) groups is 2. The van der Waals surface area contributed by atoms with Crippen molar-refractivity contribution < 1.29 is 9.59 Å². The molecule has 2 amide bonds. The molecule has 18 heavy (non-hydrogen) atoms. The predicted octanol–water partition coefficient (Wildman–Crippen LogP) is 1.44. The number of amides is 2. The van der Waals surface area contributed by atoms with E-state index in [0.29, 0.717) is 10.2 Å². The Morgan fingerprint density at radius 1 is 1.50 bits per heavy atom.